The zero-order chi connectivity index (χ0) is 14.2. The first-order chi connectivity index (χ1) is 9.60. The van der Waals surface area contributed by atoms with E-state index in [9.17, 15) is 14.0 Å². The Kier molecular flexibility index (Phi) is 3.20. The van der Waals surface area contributed by atoms with E-state index in [0.717, 1.165) is 37.0 Å². The zero-order valence-corrected chi connectivity index (χ0v) is 11.2. The summed E-state index contributed by atoms with van der Waals surface area (Å²) >= 11 is 0. The highest BCUT2D eigenvalue weighted by Crippen LogP contribution is 2.35. The van der Waals surface area contributed by atoms with Gasteiger partial charge in [-0.3, -0.25) is 4.79 Å². The third kappa shape index (κ3) is 2.28. The molecule has 0 bridgehead atoms. The van der Waals surface area contributed by atoms with E-state index in [1.54, 1.807) is 0 Å². The number of amides is 3. The Balaban J connectivity index is 1.83. The van der Waals surface area contributed by atoms with Crippen molar-refractivity contribution in [3.8, 4) is 0 Å². The van der Waals surface area contributed by atoms with Crippen LogP contribution in [0.2, 0.25) is 0 Å². The molecule has 2 fully saturated rings. The summed E-state index contributed by atoms with van der Waals surface area (Å²) < 4.78 is 12.9. The van der Waals surface area contributed by atoms with Gasteiger partial charge >= 0.3 is 6.03 Å². The van der Waals surface area contributed by atoms with Crippen LogP contribution in [0, 0.1) is 5.82 Å². The van der Waals surface area contributed by atoms with Crippen molar-refractivity contribution in [3.63, 3.8) is 0 Å². The van der Waals surface area contributed by atoms with Gasteiger partial charge in [-0.25, -0.2) is 14.1 Å². The van der Waals surface area contributed by atoms with Crippen molar-refractivity contribution in [1.82, 2.24) is 5.32 Å². The zero-order valence-electron chi connectivity index (χ0n) is 11.2. The number of imide groups is 1. The molecule has 1 spiro atoms. The molecule has 0 radical (unpaired) electrons. The van der Waals surface area contributed by atoms with Gasteiger partial charge in [0.15, 0.2) is 0 Å². The van der Waals surface area contributed by atoms with Gasteiger partial charge in [-0.2, -0.15) is 0 Å². The first-order valence-corrected chi connectivity index (χ1v) is 7.00. The smallest absolute Gasteiger partial charge is 0.329 e. The number of anilines is 1. The average Bonchev–Trinajstić information content (AvgIpc) is 2.41. The Morgan fingerprint density at radius 3 is 2.30 bits per heavy atom. The second-order valence-corrected chi connectivity index (χ2v) is 5.65. The molecule has 2 aliphatic rings. The van der Waals surface area contributed by atoms with Gasteiger partial charge in [0.05, 0.1) is 17.6 Å². The van der Waals surface area contributed by atoms with Gasteiger partial charge in [-0.05, 0) is 37.1 Å². The maximum Gasteiger partial charge on any atom is 0.329 e. The normalized spacial score (nSPS) is 21.9. The monoisotopic (exact) mass is 276 g/mol. The van der Waals surface area contributed by atoms with Crippen LogP contribution in [-0.2, 0) is 4.79 Å². The van der Waals surface area contributed by atoms with Crippen LogP contribution in [0.1, 0.15) is 38.5 Å². The van der Waals surface area contributed by atoms with E-state index in [2.05, 4.69) is 5.32 Å². The predicted molar refractivity (Wildman–Crippen MR) is 72.9 cm³/mol. The first-order valence-electron chi connectivity index (χ1n) is 7.00. The van der Waals surface area contributed by atoms with Gasteiger partial charge in [-0.15, -0.1) is 0 Å². The highest BCUT2D eigenvalue weighted by Gasteiger charge is 2.43. The van der Waals surface area contributed by atoms with E-state index in [0.29, 0.717) is 12.1 Å². The lowest BCUT2D eigenvalue weighted by atomic mass is 9.78. The van der Waals surface area contributed by atoms with Crippen LogP contribution in [0.25, 0.3) is 0 Å². The van der Waals surface area contributed by atoms with Crippen molar-refractivity contribution < 1.29 is 14.0 Å². The largest absolute Gasteiger partial charge is 0.331 e. The molecule has 106 valence electrons. The minimum atomic E-state index is -0.394. The number of nitrogens with zero attached hydrogens (tertiary/aromatic N) is 1. The summed E-state index contributed by atoms with van der Waals surface area (Å²) in [5.74, 6) is -0.593. The third-order valence-electron chi connectivity index (χ3n) is 4.21. The molecule has 20 heavy (non-hydrogen) atoms. The van der Waals surface area contributed by atoms with Crippen LogP contribution >= 0.6 is 0 Å². The number of nitrogens with one attached hydrogen (secondary N) is 1. The van der Waals surface area contributed by atoms with Crippen LogP contribution < -0.4 is 10.2 Å². The molecule has 1 aliphatic heterocycles. The average molecular weight is 276 g/mol. The fourth-order valence-corrected chi connectivity index (χ4v) is 3.19. The summed E-state index contributed by atoms with van der Waals surface area (Å²) in [5.41, 5.74) is 0.0581. The summed E-state index contributed by atoms with van der Waals surface area (Å²) in [6.45, 7) is 0. The number of hydrogen-bond donors (Lipinski definition) is 1. The van der Waals surface area contributed by atoms with Gasteiger partial charge in [0.1, 0.15) is 5.82 Å². The van der Waals surface area contributed by atoms with Crippen molar-refractivity contribution in [2.24, 2.45) is 0 Å². The number of hydrogen-bond acceptors (Lipinski definition) is 2. The van der Waals surface area contributed by atoms with Crippen LogP contribution in [-0.4, -0.2) is 17.5 Å². The molecule has 0 unspecified atom stereocenters. The van der Waals surface area contributed by atoms with Crippen LogP contribution in [0.3, 0.4) is 0 Å². The lowest BCUT2D eigenvalue weighted by molar-refractivity contribution is -0.120. The van der Waals surface area contributed by atoms with E-state index in [4.69, 9.17) is 0 Å². The van der Waals surface area contributed by atoms with Crippen LogP contribution in [0.4, 0.5) is 14.9 Å². The summed E-state index contributed by atoms with van der Waals surface area (Å²) in [6.07, 6.45) is 5.31. The van der Waals surface area contributed by atoms with Gasteiger partial charge in [-0.1, -0.05) is 19.3 Å². The Morgan fingerprint density at radius 2 is 1.70 bits per heavy atom. The Hall–Kier alpha value is -1.91. The summed E-state index contributed by atoms with van der Waals surface area (Å²) in [7, 11) is 0. The molecule has 1 aromatic carbocycles. The fourth-order valence-electron chi connectivity index (χ4n) is 3.19. The van der Waals surface area contributed by atoms with Crippen molar-refractivity contribution in [1.29, 1.82) is 0 Å². The number of urea groups is 1. The van der Waals surface area contributed by atoms with Crippen molar-refractivity contribution >= 4 is 17.6 Å². The lowest BCUT2D eigenvalue weighted by Crippen LogP contribution is -2.62. The highest BCUT2D eigenvalue weighted by atomic mass is 19.1. The maximum absolute atomic E-state index is 12.9. The summed E-state index contributed by atoms with van der Waals surface area (Å²) in [4.78, 5) is 25.7. The summed E-state index contributed by atoms with van der Waals surface area (Å²) in [5, 5.41) is 3.00. The van der Waals surface area contributed by atoms with Gasteiger partial charge in [0, 0.05) is 0 Å². The SMILES string of the molecule is O=C1CC2(CCCCC2)NC(=O)N1c1ccc(F)cc1. The van der Waals surface area contributed by atoms with E-state index < -0.39 is 6.03 Å². The highest BCUT2D eigenvalue weighted by molar-refractivity contribution is 6.16. The molecule has 1 saturated carbocycles. The first kappa shape index (κ1) is 13.1. The van der Waals surface area contributed by atoms with E-state index in [1.165, 1.54) is 24.3 Å². The van der Waals surface area contributed by atoms with Gasteiger partial charge < -0.3 is 5.32 Å². The quantitative estimate of drug-likeness (QED) is 0.857. The maximum atomic E-state index is 12.9. The molecule has 1 saturated heterocycles. The van der Waals surface area contributed by atoms with Gasteiger partial charge in [0.2, 0.25) is 5.91 Å². The number of benzene rings is 1. The Labute approximate surface area is 117 Å². The van der Waals surface area contributed by atoms with Crippen molar-refractivity contribution in [2.75, 3.05) is 4.90 Å². The molecule has 3 rings (SSSR count). The lowest BCUT2D eigenvalue weighted by Gasteiger charge is -2.43. The molecule has 1 aliphatic carbocycles. The van der Waals surface area contributed by atoms with Crippen LogP contribution in [0.15, 0.2) is 24.3 Å². The van der Waals surface area contributed by atoms with E-state index >= 15 is 0 Å². The fraction of sp³-hybridized carbons (Fsp3) is 0.467. The Morgan fingerprint density at radius 1 is 1.05 bits per heavy atom. The number of halogens is 1. The molecule has 0 aromatic heterocycles. The van der Waals surface area contributed by atoms with Crippen LogP contribution in [0.5, 0.6) is 0 Å². The molecule has 1 aromatic rings. The second-order valence-electron chi connectivity index (χ2n) is 5.65. The topological polar surface area (TPSA) is 49.4 Å². The van der Waals surface area contributed by atoms with E-state index in [1.807, 2.05) is 0 Å². The number of rotatable bonds is 1. The third-order valence-corrected chi connectivity index (χ3v) is 4.21. The number of carbonyl (C=O) groups excluding carboxylic acids is 2. The second kappa shape index (κ2) is 4.89. The minimum absolute atomic E-state index is 0.206. The number of carbonyl (C=O) groups is 2. The molecular formula is C15H17FN2O2. The van der Waals surface area contributed by atoms with Crippen molar-refractivity contribution in [3.05, 3.63) is 30.1 Å². The summed E-state index contributed by atoms with van der Waals surface area (Å²) in [6, 6.07) is 5.01. The van der Waals surface area contributed by atoms with Crippen molar-refractivity contribution in [2.45, 2.75) is 44.1 Å². The molecule has 5 heteroatoms. The van der Waals surface area contributed by atoms with Gasteiger partial charge in [0.25, 0.3) is 0 Å². The Bertz CT molecular complexity index is 515. The standard InChI is InChI=1S/C15H17FN2O2/c16-11-4-6-12(7-5-11)18-13(19)10-15(17-14(18)20)8-2-1-3-9-15/h4-7H,1-3,8-10H2,(H,17,20). The molecule has 1 N–H and O–H groups in total. The molecule has 1 heterocycles. The molecular weight excluding hydrogens is 259 g/mol. The molecule has 0 atom stereocenters. The molecule has 3 amide bonds. The van der Waals surface area contributed by atoms with E-state index in [-0.39, 0.29) is 17.3 Å². The minimum Gasteiger partial charge on any atom is -0.331 e. The predicted octanol–water partition coefficient (Wildman–Crippen LogP) is 2.97. The molecule has 4 nitrogen and oxygen atoms in total.